The molecule has 18 heavy (non-hydrogen) atoms. The SMILES string of the molecule is CCC(C)(N)C(=O)Nc1ccc(Cl)c(C(N)=O)c1. The van der Waals surface area contributed by atoms with Crippen LogP contribution in [0.25, 0.3) is 0 Å². The standard InChI is InChI=1S/C12H16ClN3O2/c1-3-12(2,15)11(18)16-7-4-5-9(13)8(6-7)10(14)17/h4-6H,3,15H2,1-2H3,(H2,14,17)(H,16,18). The van der Waals surface area contributed by atoms with E-state index in [0.29, 0.717) is 12.1 Å². The third-order valence-electron chi connectivity index (χ3n) is 2.74. The Balaban J connectivity index is 2.96. The van der Waals surface area contributed by atoms with Crippen LogP contribution in [0.2, 0.25) is 5.02 Å². The van der Waals surface area contributed by atoms with Crippen LogP contribution in [0.1, 0.15) is 30.6 Å². The van der Waals surface area contributed by atoms with Crippen molar-refractivity contribution in [3.8, 4) is 0 Å². The van der Waals surface area contributed by atoms with Crippen LogP contribution >= 0.6 is 11.6 Å². The van der Waals surface area contributed by atoms with Crippen molar-refractivity contribution >= 4 is 29.1 Å². The first kappa shape index (κ1) is 14.5. The summed E-state index contributed by atoms with van der Waals surface area (Å²) in [5, 5.41) is 2.87. The number of rotatable bonds is 4. The topological polar surface area (TPSA) is 98.2 Å². The van der Waals surface area contributed by atoms with E-state index in [4.69, 9.17) is 23.1 Å². The average Bonchev–Trinajstić information content (AvgIpc) is 2.31. The number of carbonyl (C=O) groups excluding carboxylic acids is 2. The molecule has 1 atom stereocenters. The van der Waals surface area contributed by atoms with Gasteiger partial charge >= 0.3 is 0 Å². The number of halogens is 1. The molecule has 0 saturated carbocycles. The van der Waals surface area contributed by atoms with E-state index in [0.717, 1.165) is 0 Å². The highest BCUT2D eigenvalue weighted by atomic mass is 35.5. The number of hydrogen-bond acceptors (Lipinski definition) is 3. The van der Waals surface area contributed by atoms with Gasteiger partial charge in [0.05, 0.1) is 16.1 Å². The normalized spacial score (nSPS) is 13.8. The van der Waals surface area contributed by atoms with Crippen molar-refractivity contribution in [3.05, 3.63) is 28.8 Å². The van der Waals surface area contributed by atoms with Gasteiger partial charge in [0.1, 0.15) is 0 Å². The maximum Gasteiger partial charge on any atom is 0.250 e. The lowest BCUT2D eigenvalue weighted by molar-refractivity contribution is -0.120. The Labute approximate surface area is 110 Å². The Morgan fingerprint density at radius 3 is 2.56 bits per heavy atom. The minimum atomic E-state index is -0.966. The van der Waals surface area contributed by atoms with Crippen LogP contribution in [0, 0.1) is 0 Å². The largest absolute Gasteiger partial charge is 0.366 e. The van der Waals surface area contributed by atoms with Crippen LogP contribution in [0.4, 0.5) is 5.69 Å². The summed E-state index contributed by atoms with van der Waals surface area (Å²) in [6, 6.07) is 4.50. The minimum absolute atomic E-state index is 0.157. The van der Waals surface area contributed by atoms with Crippen molar-refractivity contribution in [2.75, 3.05) is 5.32 Å². The van der Waals surface area contributed by atoms with Crippen molar-refractivity contribution in [3.63, 3.8) is 0 Å². The van der Waals surface area contributed by atoms with Gasteiger partial charge in [0, 0.05) is 5.69 Å². The number of anilines is 1. The van der Waals surface area contributed by atoms with Gasteiger partial charge in [-0.3, -0.25) is 9.59 Å². The molecule has 5 nitrogen and oxygen atoms in total. The average molecular weight is 270 g/mol. The summed E-state index contributed by atoms with van der Waals surface area (Å²) in [5.41, 5.74) is 10.6. The molecule has 2 amide bonds. The molecule has 5 N–H and O–H groups in total. The molecule has 0 aliphatic carbocycles. The van der Waals surface area contributed by atoms with Crippen LogP contribution in [-0.4, -0.2) is 17.4 Å². The van der Waals surface area contributed by atoms with Crippen molar-refractivity contribution in [1.29, 1.82) is 0 Å². The maximum absolute atomic E-state index is 11.8. The Morgan fingerprint density at radius 2 is 2.06 bits per heavy atom. The van der Waals surface area contributed by atoms with E-state index in [9.17, 15) is 9.59 Å². The summed E-state index contributed by atoms with van der Waals surface area (Å²) in [4.78, 5) is 23.0. The molecule has 0 aromatic heterocycles. The molecule has 0 spiro atoms. The highest BCUT2D eigenvalue weighted by Gasteiger charge is 2.26. The second-order valence-electron chi connectivity index (χ2n) is 4.28. The third kappa shape index (κ3) is 3.21. The number of hydrogen-bond donors (Lipinski definition) is 3. The van der Waals surface area contributed by atoms with Crippen molar-refractivity contribution in [2.24, 2.45) is 11.5 Å². The van der Waals surface area contributed by atoms with Crippen LogP contribution in [-0.2, 0) is 4.79 Å². The molecule has 1 unspecified atom stereocenters. The molecule has 98 valence electrons. The van der Waals surface area contributed by atoms with Gasteiger partial charge in [0.15, 0.2) is 0 Å². The summed E-state index contributed by atoms with van der Waals surface area (Å²) in [5.74, 6) is -0.982. The van der Waals surface area contributed by atoms with Gasteiger partial charge in [-0.2, -0.15) is 0 Å². The number of nitrogens with one attached hydrogen (secondary N) is 1. The molecule has 0 aliphatic rings. The first-order valence-corrected chi connectivity index (χ1v) is 5.85. The third-order valence-corrected chi connectivity index (χ3v) is 3.07. The quantitative estimate of drug-likeness (QED) is 0.772. The number of amides is 2. The van der Waals surface area contributed by atoms with Gasteiger partial charge < -0.3 is 16.8 Å². The van der Waals surface area contributed by atoms with E-state index in [1.54, 1.807) is 13.0 Å². The second kappa shape index (κ2) is 5.37. The molecule has 6 heteroatoms. The molecule has 1 rings (SSSR count). The van der Waals surface area contributed by atoms with Gasteiger partial charge in [-0.1, -0.05) is 18.5 Å². The van der Waals surface area contributed by atoms with Crippen molar-refractivity contribution in [2.45, 2.75) is 25.8 Å². The molecule has 0 radical (unpaired) electrons. The van der Waals surface area contributed by atoms with Gasteiger partial charge in [0.2, 0.25) is 11.8 Å². The summed E-state index contributed by atoms with van der Waals surface area (Å²) in [7, 11) is 0. The van der Waals surface area contributed by atoms with E-state index in [-0.39, 0.29) is 16.5 Å². The van der Waals surface area contributed by atoms with Crippen LogP contribution in [0.3, 0.4) is 0 Å². The Morgan fingerprint density at radius 1 is 1.44 bits per heavy atom. The Kier molecular flexibility index (Phi) is 4.32. The van der Waals surface area contributed by atoms with Crippen molar-refractivity contribution in [1.82, 2.24) is 0 Å². The summed E-state index contributed by atoms with van der Waals surface area (Å²) in [6.07, 6.45) is 0.495. The lowest BCUT2D eigenvalue weighted by Crippen LogP contribution is -2.47. The highest BCUT2D eigenvalue weighted by Crippen LogP contribution is 2.21. The van der Waals surface area contributed by atoms with E-state index < -0.39 is 11.4 Å². The Bertz CT molecular complexity index is 486. The second-order valence-corrected chi connectivity index (χ2v) is 4.69. The molecule has 1 aromatic carbocycles. The highest BCUT2D eigenvalue weighted by molar-refractivity contribution is 6.34. The van der Waals surface area contributed by atoms with Gasteiger partial charge in [-0.25, -0.2) is 0 Å². The fourth-order valence-electron chi connectivity index (χ4n) is 1.23. The number of benzene rings is 1. The number of carbonyl (C=O) groups is 2. The van der Waals surface area contributed by atoms with Crippen LogP contribution in [0.15, 0.2) is 18.2 Å². The summed E-state index contributed by atoms with van der Waals surface area (Å²) < 4.78 is 0. The molecular formula is C12H16ClN3O2. The fraction of sp³-hybridized carbons (Fsp3) is 0.333. The predicted octanol–water partition coefficient (Wildman–Crippen LogP) is 1.50. The van der Waals surface area contributed by atoms with Crippen LogP contribution in [0.5, 0.6) is 0 Å². The molecule has 0 saturated heterocycles. The fourth-order valence-corrected chi connectivity index (χ4v) is 1.44. The van der Waals surface area contributed by atoms with E-state index in [1.807, 2.05) is 6.92 Å². The summed E-state index contributed by atoms with van der Waals surface area (Å²) in [6.45, 7) is 3.45. The molecule has 0 bridgehead atoms. The lowest BCUT2D eigenvalue weighted by Gasteiger charge is -2.21. The van der Waals surface area contributed by atoms with E-state index in [1.165, 1.54) is 12.1 Å². The number of primary amides is 1. The van der Waals surface area contributed by atoms with Crippen molar-refractivity contribution < 1.29 is 9.59 Å². The lowest BCUT2D eigenvalue weighted by atomic mass is 9.99. The molecule has 0 aliphatic heterocycles. The zero-order valence-corrected chi connectivity index (χ0v) is 11.0. The number of nitrogens with two attached hydrogens (primary N) is 2. The Hall–Kier alpha value is -1.59. The molecular weight excluding hydrogens is 254 g/mol. The van der Waals surface area contributed by atoms with E-state index >= 15 is 0 Å². The first-order chi connectivity index (χ1) is 8.27. The van der Waals surface area contributed by atoms with Gasteiger partial charge in [-0.15, -0.1) is 0 Å². The maximum atomic E-state index is 11.8. The van der Waals surface area contributed by atoms with Crippen LogP contribution < -0.4 is 16.8 Å². The zero-order valence-electron chi connectivity index (χ0n) is 10.3. The first-order valence-electron chi connectivity index (χ1n) is 5.47. The van der Waals surface area contributed by atoms with Gasteiger partial charge in [0.25, 0.3) is 0 Å². The molecule has 0 fully saturated rings. The minimum Gasteiger partial charge on any atom is -0.366 e. The van der Waals surface area contributed by atoms with Gasteiger partial charge in [-0.05, 0) is 31.5 Å². The summed E-state index contributed by atoms with van der Waals surface area (Å²) >= 11 is 5.81. The monoisotopic (exact) mass is 269 g/mol. The predicted molar refractivity (Wildman–Crippen MR) is 71.5 cm³/mol. The zero-order chi connectivity index (χ0) is 13.9. The van der Waals surface area contributed by atoms with E-state index in [2.05, 4.69) is 5.32 Å². The molecule has 0 heterocycles. The smallest absolute Gasteiger partial charge is 0.250 e. The molecule has 1 aromatic rings.